The fraction of sp³-hybridized carbons (Fsp3) is 1.00. The van der Waals surface area contributed by atoms with Crippen LogP contribution >= 0.6 is 0 Å². The van der Waals surface area contributed by atoms with Gasteiger partial charge in [-0.2, -0.15) is 0 Å². The Hall–Kier alpha value is -0.0800. The van der Waals surface area contributed by atoms with E-state index in [1.54, 1.807) is 0 Å². The summed E-state index contributed by atoms with van der Waals surface area (Å²) in [5.41, 5.74) is 6.51. The number of nitrogens with two attached hydrogens (primary N) is 1. The molecule has 2 nitrogen and oxygen atoms in total. The average molecular weight is 238 g/mol. The molecule has 0 aromatic carbocycles. The Morgan fingerprint density at radius 3 is 2.29 bits per heavy atom. The topological polar surface area (TPSA) is 29.3 Å². The molecule has 1 aliphatic carbocycles. The molecule has 1 saturated heterocycles. The Bertz CT molecular complexity index is 232. The molecule has 0 aromatic rings. The molecule has 2 N–H and O–H groups in total. The Labute approximate surface area is 107 Å². The molecule has 1 aliphatic heterocycles. The molecular weight excluding hydrogens is 208 g/mol. The molecule has 2 rings (SSSR count). The van der Waals surface area contributed by atoms with Crippen LogP contribution in [0.1, 0.15) is 52.9 Å². The van der Waals surface area contributed by atoms with Gasteiger partial charge in [0.25, 0.3) is 0 Å². The highest BCUT2D eigenvalue weighted by atomic mass is 15.1. The first-order valence-electron chi connectivity index (χ1n) is 7.43. The fourth-order valence-electron chi connectivity index (χ4n) is 3.48. The standard InChI is InChI=1S/C15H30N2/c1-15(2,3)14(16)7-8-17-10-12-5-4-6-13(9-12)11-17/h12-14H,4-11,16H2,1-3H3. The van der Waals surface area contributed by atoms with Gasteiger partial charge in [0.05, 0.1) is 0 Å². The number of hydrogen-bond acceptors (Lipinski definition) is 2. The van der Waals surface area contributed by atoms with Gasteiger partial charge in [0.1, 0.15) is 0 Å². The molecular formula is C15H30N2. The maximum atomic E-state index is 6.26. The zero-order chi connectivity index (χ0) is 12.5. The summed E-state index contributed by atoms with van der Waals surface area (Å²) in [7, 11) is 0. The Morgan fingerprint density at radius 2 is 1.76 bits per heavy atom. The van der Waals surface area contributed by atoms with Crippen molar-refractivity contribution in [3.8, 4) is 0 Å². The number of nitrogens with zero attached hydrogens (tertiary/aromatic N) is 1. The van der Waals surface area contributed by atoms with Crippen molar-refractivity contribution >= 4 is 0 Å². The predicted molar refractivity (Wildman–Crippen MR) is 73.9 cm³/mol. The van der Waals surface area contributed by atoms with Crippen molar-refractivity contribution in [2.45, 2.75) is 58.9 Å². The molecule has 2 heteroatoms. The van der Waals surface area contributed by atoms with Crippen molar-refractivity contribution in [1.82, 2.24) is 4.90 Å². The molecule has 1 heterocycles. The maximum Gasteiger partial charge on any atom is 0.00998 e. The third-order valence-corrected chi connectivity index (χ3v) is 4.79. The Kier molecular flexibility index (Phi) is 4.14. The molecule has 0 spiro atoms. The molecule has 2 bridgehead atoms. The smallest absolute Gasteiger partial charge is 0.00998 e. The van der Waals surface area contributed by atoms with E-state index >= 15 is 0 Å². The van der Waals surface area contributed by atoms with E-state index in [9.17, 15) is 0 Å². The first-order valence-corrected chi connectivity index (χ1v) is 7.43. The number of hydrogen-bond donors (Lipinski definition) is 1. The molecule has 0 radical (unpaired) electrons. The van der Waals surface area contributed by atoms with Gasteiger partial charge in [-0.25, -0.2) is 0 Å². The first kappa shape index (κ1) is 13.4. The van der Waals surface area contributed by atoms with E-state index in [1.165, 1.54) is 45.3 Å². The van der Waals surface area contributed by atoms with E-state index in [1.807, 2.05) is 0 Å². The van der Waals surface area contributed by atoms with Crippen LogP contribution in [-0.4, -0.2) is 30.6 Å². The highest BCUT2D eigenvalue weighted by molar-refractivity contribution is 4.85. The van der Waals surface area contributed by atoms with Gasteiger partial charge < -0.3 is 10.6 Å². The van der Waals surface area contributed by atoms with Gasteiger partial charge in [0.15, 0.2) is 0 Å². The summed E-state index contributed by atoms with van der Waals surface area (Å²) >= 11 is 0. The quantitative estimate of drug-likeness (QED) is 0.819. The zero-order valence-corrected chi connectivity index (χ0v) is 11.9. The first-order chi connectivity index (χ1) is 7.95. The maximum absolute atomic E-state index is 6.26. The van der Waals surface area contributed by atoms with Gasteiger partial charge in [0, 0.05) is 19.1 Å². The minimum atomic E-state index is 0.256. The van der Waals surface area contributed by atoms with E-state index in [2.05, 4.69) is 25.7 Å². The summed E-state index contributed by atoms with van der Waals surface area (Å²) in [6.45, 7) is 10.7. The van der Waals surface area contributed by atoms with Gasteiger partial charge in [-0.05, 0) is 49.5 Å². The lowest BCUT2D eigenvalue weighted by Crippen LogP contribution is -2.45. The monoisotopic (exact) mass is 238 g/mol. The zero-order valence-electron chi connectivity index (χ0n) is 11.9. The summed E-state index contributed by atoms with van der Waals surface area (Å²) in [4.78, 5) is 2.68. The van der Waals surface area contributed by atoms with Gasteiger partial charge in [-0.3, -0.25) is 0 Å². The molecule has 100 valence electrons. The molecule has 2 fully saturated rings. The second-order valence-electron chi connectivity index (χ2n) is 7.42. The lowest BCUT2D eigenvalue weighted by molar-refractivity contribution is 0.0805. The lowest BCUT2D eigenvalue weighted by atomic mass is 9.77. The number of fused-ring (bicyclic) bond motifs is 2. The highest BCUT2D eigenvalue weighted by Gasteiger charge is 2.30. The van der Waals surface area contributed by atoms with Crippen LogP contribution in [-0.2, 0) is 0 Å². The summed E-state index contributed by atoms with van der Waals surface area (Å²) in [6.07, 6.45) is 7.08. The largest absolute Gasteiger partial charge is 0.327 e. The lowest BCUT2D eigenvalue weighted by Gasteiger charge is -2.42. The average Bonchev–Trinajstić information content (AvgIpc) is 2.24. The second kappa shape index (κ2) is 5.27. The van der Waals surface area contributed by atoms with Crippen LogP contribution in [0.5, 0.6) is 0 Å². The molecule has 2 aliphatic rings. The van der Waals surface area contributed by atoms with Gasteiger partial charge in [-0.15, -0.1) is 0 Å². The Balaban J connectivity index is 1.76. The SMILES string of the molecule is CC(C)(C)C(N)CCN1CC2CCCC(C2)C1. The molecule has 3 atom stereocenters. The summed E-state index contributed by atoms with van der Waals surface area (Å²) in [5.74, 6) is 1.99. The van der Waals surface area contributed by atoms with E-state index in [4.69, 9.17) is 5.73 Å². The van der Waals surface area contributed by atoms with Crippen LogP contribution in [0.25, 0.3) is 0 Å². The second-order valence-corrected chi connectivity index (χ2v) is 7.42. The molecule has 0 amide bonds. The summed E-state index contributed by atoms with van der Waals surface area (Å²) < 4.78 is 0. The van der Waals surface area contributed by atoms with Crippen LogP contribution in [0, 0.1) is 17.3 Å². The number of rotatable bonds is 3. The van der Waals surface area contributed by atoms with Gasteiger partial charge >= 0.3 is 0 Å². The van der Waals surface area contributed by atoms with Crippen molar-refractivity contribution in [3.05, 3.63) is 0 Å². The summed E-state index contributed by atoms with van der Waals surface area (Å²) in [6, 6.07) is 0.337. The highest BCUT2D eigenvalue weighted by Crippen LogP contribution is 2.34. The molecule has 1 saturated carbocycles. The van der Waals surface area contributed by atoms with Crippen LogP contribution in [0.4, 0.5) is 0 Å². The van der Waals surface area contributed by atoms with Crippen molar-refractivity contribution in [2.75, 3.05) is 19.6 Å². The minimum Gasteiger partial charge on any atom is -0.327 e. The van der Waals surface area contributed by atoms with Crippen molar-refractivity contribution < 1.29 is 0 Å². The van der Waals surface area contributed by atoms with Crippen molar-refractivity contribution in [1.29, 1.82) is 0 Å². The predicted octanol–water partition coefficient (Wildman–Crippen LogP) is 2.87. The third-order valence-electron chi connectivity index (χ3n) is 4.79. The van der Waals surface area contributed by atoms with Gasteiger partial charge in [-0.1, -0.05) is 27.2 Å². The minimum absolute atomic E-state index is 0.256. The molecule has 17 heavy (non-hydrogen) atoms. The molecule has 3 unspecified atom stereocenters. The normalized spacial score (nSPS) is 32.5. The van der Waals surface area contributed by atoms with Crippen LogP contribution in [0.15, 0.2) is 0 Å². The van der Waals surface area contributed by atoms with Crippen LogP contribution in [0.2, 0.25) is 0 Å². The van der Waals surface area contributed by atoms with E-state index in [-0.39, 0.29) is 5.41 Å². The Morgan fingerprint density at radius 1 is 1.18 bits per heavy atom. The fourth-order valence-corrected chi connectivity index (χ4v) is 3.48. The van der Waals surface area contributed by atoms with Crippen molar-refractivity contribution in [3.63, 3.8) is 0 Å². The number of likely N-dealkylation sites (tertiary alicyclic amines) is 1. The molecule has 0 aromatic heterocycles. The summed E-state index contributed by atoms with van der Waals surface area (Å²) in [5, 5.41) is 0. The van der Waals surface area contributed by atoms with Crippen LogP contribution in [0.3, 0.4) is 0 Å². The van der Waals surface area contributed by atoms with Gasteiger partial charge in [0.2, 0.25) is 0 Å². The third kappa shape index (κ3) is 3.69. The van der Waals surface area contributed by atoms with Crippen molar-refractivity contribution in [2.24, 2.45) is 23.0 Å². The van der Waals surface area contributed by atoms with E-state index < -0.39 is 0 Å². The van der Waals surface area contributed by atoms with Crippen LogP contribution < -0.4 is 5.73 Å². The van der Waals surface area contributed by atoms with E-state index in [0.717, 1.165) is 18.3 Å². The van der Waals surface area contributed by atoms with E-state index in [0.29, 0.717) is 6.04 Å². The number of piperidine rings is 1.